The summed E-state index contributed by atoms with van der Waals surface area (Å²) in [4.78, 5) is 35.7. The van der Waals surface area contributed by atoms with Crippen LogP contribution in [-0.4, -0.2) is 69.3 Å². The van der Waals surface area contributed by atoms with Crippen LogP contribution < -0.4 is 0 Å². The number of pyridine rings is 2. The summed E-state index contributed by atoms with van der Waals surface area (Å²) in [5, 5.41) is 0. The number of amides is 2. The first-order valence-electron chi connectivity index (χ1n) is 15.4. The molecule has 2 aliphatic heterocycles. The largest absolute Gasteiger partial charge is 0.444 e. The highest BCUT2D eigenvalue weighted by atomic mass is 79.9. The second-order valence-electron chi connectivity index (χ2n) is 14.5. The minimum atomic E-state index is -0.451. The summed E-state index contributed by atoms with van der Waals surface area (Å²) >= 11 is 3.28. The third kappa shape index (κ3) is 9.01. The van der Waals surface area contributed by atoms with Crippen molar-refractivity contribution in [1.29, 1.82) is 0 Å². The van der Waals surface area contributed by atoms with Crippen molar-refractivity contribution in [1.82, 2.24) is 19.8 Å². The number of terminal acetylenes is 1. The van der Waals surface area contributed by atoms with Crippen molar-refractivity contribution in [2.24, 2.45) is 22.7 Å². The molecule has 0 N–H and O–H groups in total. The lowest BCUT2D eigenvalue weighted by atomic mass is 10.1. The second kappa shape index (κ2) is 13.0. The van der Waals surface area contributed by atoms with Crippen LogP contribution in [0.5, 0.6) is 0 Å². The number of ether oxygens (including phenoxy) is 2. The Balaban J connectivity index is 0.000000172. The molecule has 2 aromatic heterocycles. The zero-order valence-corrected chi connectivity index (χ0v) is 29.3. The molecule has 45 heavy (non-hydrogen) atoms. The topological polar surface area (TPSA) is 84.9 Å². The van der Waals surface area contributed by atoms with Gasteiger partial charge < -0.3 is 19.3 Å². The smallest absolute Gasteiger partial charge is 0.410 e. The van der Waals surface area contributed by atoms with Crippen molar-refractivity contribution < 1.29 is 19.1 Å². The Kier molecular flexibility index (Phi) is 9.95. The van der Waals surface area contributed by atoms with Gasteiger partial charge in [-0.15, -0.1) is 6.42 Å². The van der Waals surface area contributed by atoms with Gasteiger partial charge in [-0.05, 0) is 125 Å². The van der Waals surface area contributed by atoms with E-state index in [4.69, 9.17) is 15.9 Å². The fourth-order valence-electron chi connectivity index (χ4n) is 5.58. The first-order valence-corrected chi connectivity index (χ1v) is 16.2. The number of halogens is 1. The normalized spacial score (nSPS) is 25.4. The van der Waals surface area contributed by atoms with Crippen molar-refractivity contribution >= 4 is 28.1 Å². The number of rotatable bonds is 0. The van der Waals surface area contributed by atoms with Gasteiger partial charge in [0, 0.05) is 38.6 Å². The van der Waals surface area contributed by atoms with Crippen LogP contribution in [0, 0.1) is 60.7 Å². The molecule has 0 spiro atoms. The van der Waals surface area contributed by atoms with Gasteiger partial charge in [0.2, 0.25) is 0 Å². The van der Waals surface area contributed by atoms with Crippen LogP contribution >= 0.6 is 15.9 Å². The molecule has 2 saturated carbocycles. The van der Waals surface area contributed by atoms with Crippen LogP contribution in [0.25, 0.3) is 0 Å². The Bertz CT molecular complexity index is 1510. The molecular formula is C36H45BrN4O4. The molecule has 2 aliphatic carbocycles. The maximum Gasteiger partial charge on any atom is 0.410 e. The van der Waals surface area contributed by atoms with E-state index in [2.05, 4.69) is 43.7 Å². The molecular weight excluding hydrogens is 632 g/mol. The lowest BCUT2D eigenvalue weighted by Crippen LogP contribution is -2.37. The van der Waals surface area contributed by atoms with E-state index in [-0.39, 0.29) is 23.0 Å². The number of hydrogen-bond acceptors (Lipinski definition) is 6. The SMILES string of the molecule is C#CC12CC1CN(C(=O)OC(C)(C)C)C2.Cc1cccnc1Br.Cc1cccnc1C#CC12CC1CN(C(=O)OC(C)(C)C)C2. The van der Waals surface area contributed by atoms with Gasteiger partial charge in [-0.1, -0.05) is 24.0 Å². The van der Waals surface area contributed by atoms with Gasteiger partial charge in [-0.25, -0.2) is 19.6 Å². The molecule has 2 amide bonds. The number of piperidine rings is 2. The average molecular weight is 678 g/mol. The van der Waals surface area contributed by atoms with Gasteiger partial charge in [-0.2, -0.15) is 0 Å². The van der Waals surface area contributed by atoms with Gasteiger partial charge in [0.15, 0.2) is 0 Å². The average Bonchev–Trinajstić information content (AvgIpc) is 3.73. The summed E-state index contributed by atoms with van der Waals surface area (Å²) in [6.07, 6.45) is 10.7. The summed E-state index contributed by atoms with van der Waals surface area (Å²) in [5.74, 6) is 10.4. The van der Waals surface area contributed by atoms with Crippen LogP contribution in [0.15, 0.2) is 41.3 Å². The minimum absolute atomic E-state index is 0.0170. The third-order valence-electron chi connectivity index (χ3n) is 8.27. The van der Waals surface area contributed by atoms with E-state index < -0.39 is 11.2 Å². The van der Waals surface area contributed by atoms with E-state index in [1.54, 1.807) is 22.2 Å². The quantitative estimate of drug-likeness (QED) is 0.220. The molecule has 4 fully saturated rings. The van der Waals surface area contributed by atoms with E-state index in [0.29, 0.717) is 24.9 Å². The van der Waals surface area contributed by atoms with Gasteiger partial charge in [0.05, 0.1) is 10.8 Å². The number of hydrogen-bond donors (Lipinski definition) is 0. The van der Waals surface area contributed by atoms with Gasteiger partial charge in [0.25, 0.3) is 0 Å². The van der Waals surface area contributed by atoms with Crippen LogP contribution in [0.2, 0.25) is 0 Å². The second-order valence-corrected chi connectivity index (χ2v) is 15.3. The van der Waals surface area contributed by atoms with Crippen LogP contribution in [-0.2, 0) is 9.47 Å². The number of carbonyl (C=O) groups excluding carboxylic acids is 2. The molecule has 4 unspecified atom stereocenters. The monoisotopic (exact) mass is 676 g/mol. The highest BCUT2D eigenvalue weighted by Gasteiger charge is 2.61. The zero-order valence-electron chi connectivity index (χ0n) is 27.7. The van der Waals surface area contributed by atoms with E-state index >= 15 is 0 Å². The number of aromatic nitrogens is 2. The summed E-state index contributed by atoms with van der Waals surface area (Å²) in [7, 11) is 0. The number of likely N-dealkylation sites (tertiary alicyclic amines) is 2. The maximum absolute atomic E-state index is 12.1. The molecule has 4 aliphatic rings. The molecule has 0 radical (unpaired) electrons. The molecule has 0 bridgehead atoms. The first-order chi connectivity index (χ1) is 21.0. The molecule has 9 heteroatoms. The molecule has 240 valence electrons. The summed E-state index contributed by atoms with van der Waals surface area (Å²) in [6.45, 7) is 18.2. The molecule has 4 heterocycles. The summed E-state index contributed by atoms with van der Waals surface area (Å²) < 4.78 is 11.7. The van der Waals surface area contributed by atoms with Gasteiger partial charge in [-0.3, -0.25) is 0 Å². The standard InChI is InChI=1S/C18H22N2O2.C12H17NO2.C6H6BrN/c1-13-6-5-9-19-15(13)7-8-18-10-14(18)11-20(12-18)16(21)22-17(2,3)4;1-5-12-6-9(12)7-13(8-12)10(14)15-11(2,3)4;1-5-3-2-4-8-6(5)7/h5-6,9,14H,10-12H2,1-4H3;1,9H,6-8H2,2-4H3;2-4H,1H3. The fourth-order valence-corrected chi connectivity index (χ4v) is 5.83. The van der Waals surface area contributed by atoms with E-state index in [0.717, 1.165) is 41.8 Å². The van der Waals surface area contributed by atoms with Crippen molar-refractivity contribution in [3.8, 4) is 24.2 Å². The van der Waals surface area contributed by atoms with E-state index in [9.17, 15) is 9.59 Å². The predicted octanol–water partition coefficient (Wildman–Crippen LogP) is 7.03. The van der Waals surface area contributed by atoms with E-state index in [1.807, 2.05) is 79.7 Å². The molecule has 6 rings (SSSR count). The maximum atomic E-state index is 12.1. The summed E-state index contributed by atoms with van der Waals surface area (Å²) in [5.41, 5.74) is 2.16. The minimum Gasteiger partial charge on any atom is -0.444 e. The number of aryl methyl sites for hydroxylation is 2. The Morgan fingerprint density at radius 2 is 1.36 bits per heavy atom. The van der Waals surface area contributed by atoms with Crippen LogP contribution in [0.4, 0.5) is 9.59 Å². The van der Waals surface area contributed by atoms with Crippen molar-refractivity contribution in [2.45, 2.75) is 79.4 Å². The highest BCUT2D eigenvalue weighted by molar-refractivity contribution is 9.10. The molecule has 4 atom stereocenters. The highest BCUT2D eigenvalue weighted by Crippen LogP contribution is 2.58. The van der Waals surface area contributed by atoms with Gasteiger partial charge >= 0.3 is 12.2 Å². The number of fused-ring (bicyclic) bond motifs is 2. The van der Waals surface area contributed by atoms with Crippen LogP contribution in [0.1, 0.15) is 71.2 Å². The Hall–Kier alpha value is -3.56. The Morgan fingerprint density at radius 1 is 0.867 bits per heavy atom. The number of nitrogens with zero attached hydrogens (tertiary/aromatic N) is 4. The first kappa shape index (κ1) is 34.3. The molecule has 2 saturated heterocycles. The number of carbonyl (C=O) groups is 2. The van der Waals surface area contributed by atoms with Crippen molar-refractivity contribution in [3.05, 3.63) is 58.1 Å². The third-order valence-corrected chi connectivity index (χ3v) is 9.10. The van der Waals surface area contributed by atoms with Gasteiger partial charge in [0.1, 0.15) is 21.5 Å². The Morgan fingerprint density at radius 3 is 1.80 bits per heavy atom. The van der Waals surface area contributed by atoms with Crippen molar-refractivity contribution in [2.75, 3.05) is 26.2 Å². The molecule has 8 nitrogen and oxygen atoms in total. The lowest BCUT2D eigenvalue weighted by Gasteiger charge is -2.25. The van der Waals surface area contributed by atoms with Crippen molar-refractivity contribution in [3.63, 3.8) is 0 Å². The van der Waals surface area contributed by atoms with E-state index in [1.165, 1.54) is 5.56 Å². The lowest BCUT2D eigenvalue weighted by molar-refractivity contribution is 0.0258. The molecule has 2 aromatic rings. The predicted molar refractivity (Wildman–Crippen MR) is 178 cm³/mol. The Labute approximate surface area is 276 Å². The van der Waals surface area contributed by atoms with Crippen LogP contribution in [0.3, 0.4) is 0 Å². The molecule has 0 aromatic carbocycles. The zero-order chi connectivity index (χ0) is 33.2. The fraction of sp³-hybridized carbons (Fsp3) is 0.556. The summed E-state index contributed by atoms with van der Waals surface area (Å²) in [6, 6.07) is 7.86.